The van der Waals surface area contributed by atoms with Gasteiger partial charge < -0.3 is 10.0 Å². The lowest BCUT2D eigenvalue weighted by molar-refractivity contribution is 0.424. The average molecular weight is 160 g/mol. The van der Waals surface area contributed by atoms with E-state index < -0.39 is 13.3 Å². The van der Waals surface area contributed by atoms with Crippen LogP contribution in [0.15, 0.2) is 12.3 Å². The first-order valence-corrected chi connectivity index (χ1v) is 2.77. The normalized spacial score (nSPS) is 12.3. The predicted molar refractivity (Wildman–Crippen MR) is 36.9 cm³/mol. The van der Waals surface area contributed by atoms with Crippen molar-refractivity contribution in [2.45, 2.75) is 0 Å². The molecule has 0 saturated heterocycles. The molecule has 0 bridgehead atoms. The van der Waals surface area contributed by atoms with Crippen molar-refractivity contribution in [3.8, 4) is 0 Å². The summed E-state index contributed by atoms with van der Waals surface area (Å²) in [6.45, 7) is 0. The Balaban J connectivity index is 3.23. The van der Waals surface area contributed by atoms with Gasteiger partial charge in [-0.2, -0.15) is 0 Å². The van der Waals surface area contributed by atoms with Crippen molar-refractivity contribution in [3.05, 3.63) is 17.5 Å². The van der Waals surface area contributed by atoms with E-state index in [2.05, 4.69) is 9.97 Å². The highest BCUT2D eigenvalue weighted by Gasteiger charge is 2.12. The molecule has 1 aromatic rings. The van der Waals surface area contributed by atoms with E-state index in [0.29, 0.717) is 0 Å². The van der Waals surface area contributed by atoms with E-state index in [9.17, 15) is 0 Å². The first-order valence-electron chi connectivity index (χ1n) is 3.39. The molecule has 0 aromatic carbocycles. The van der Waals surface area contributed by atoms with Crippen LogP contribution in [0.4, 0.5) is 0 Å². The van der Waals surface area contributed by atoms with Crippen molar-refractivity contribution in [2.75, 3.05) is 0 Å². The summed E-state index contributed by atoms with van der Waals surface area (Å²) < 4.78 is 14.1. The van der Waals surface area contributed by atoms with Crippen LogP contribution in [0.2, 0.25) is 5.15 Å². The van der Waals surface area contributed by atoms with Gasteiger partial charge in [0.15, 0.2) is 0 Å². The van der Waals surface area contributed by atoms with Crippen LogP contribution in [0.25, 0.3) is 0 Å². The Kier molecular flexibility index (Phi) is 1.50. The van der Waals surface area contributed by atoms with Crippen molar-refractivity contribution >= 4 is 24.3 Å². The van der Waals surface area contributed by atoms with Crippen LogP contribution in [-0.4, -0.2) is 27.1 Å². The summed E-state index contributed by atoms with van der Waals surface area (Å²) >= 11 is 5.36. The van der Waals surface area contributed by atoms with Crippen molar-refractivity contribution < 1.29 is 12.8 Å². The van der Waals surface area contributed by atoms with E-state index >= 15 is 0 Å². The number of hydrogen-bond acceptors (Lipinski definition) is 4. The first kappa shape index (κ1) is 5.06. The minimum Gasteiger partial charge on any atom is -0.422 e. The Hall–Kier alpha value is -0.645. The van der Waals surface area contributed by atoms with Gasteiger partial charge in [-0.3, -0.25) is 4.98 Å². The summed E-state index contributed by atoms with van der Waals surface area (Å²) in [6.07, 6.45) is -0.814. The molecule has 1 aromatic heterocycles. The molecule has 0 aliphatic carbocycles. The molecule has 1 heterocycles. The minimum atomic E-state index is -1.89. The van der Waals surface area contributed by atoms with Gasteiger partial charge in [0, 0.05) is 6.17 Å². The van der Waals surface area contributed by atoms with Gasteiger partial charge >= 0.3 is 7.12 Å². The molecule has 0 atom stereocenters. The zero-order chi connectivity index (χ0) is 9.30. The number of halogens is 1. The second kappa shape index (κ2) is 2.96. The van der Waals surface area contributed by atoms with E-state index in [1.54, 1.807) is 0 Å². The van der Waals surface area contributed by atoms with Crippen LogP contribution in [0, 0.1) is 0 Å². The molecular weight excluding hydrogens is 154 g/mol. The van der Waals surface area contributed by atoms with Crippen LogP contribution < -0.4 is 5.59 Å². The van der Waals surface area contributed by atoms with Crippen molar-refractivity contribution in [3.63, 3.8) is 0 Å². The van der Waals surface area contributed by atoms with Crippen LogP contribution in [0.3, 0.4) is 0 Å². The van der Waals surface area contributed by atoms with Crippen LogP contribution in [-0.2, 0) is 0 Å². The maximum absolute atomic E-state index is 8.63. The lowest BCUT2D eigenvalue weighted by atomic mass is 9.87. The van der Waals surface area contributed by atoms with Crippen molar-refractivity contribution in [1.82, 2.24) is 9.97 Å². The van der Waals surface area contributed by atoms with E-state index in [1.165, 1.54) is 0 Å². The average Bonchev–Trinajstić information content (AvgIpc) is 1.96. The first-order chi connectivity index (χ1) is 5.52. The summed E-state index contributed by atoms with van der Waals surface area (Å²) in [5.41, 5.74) is -0.351. The fraction of sp³-hybridized carbons (Fsp3) is 0. The monoisotopic (exact) mass is 160 g/mol. The van der Waals surface area contributed by atoms with Gasteiger partial charge in [0.2, 0.25) is 0 Å². The summed E-state index contributed by atoms with van der Waals surface area (Å²) in [6, 6.07) is 0. The molecule has 0 unspecified atom stereocenters. The highest BCUT2D eigenvalue weighted by molar-refractivity contribution is 6.57. The van der Waals surface area contributed by atoms with Gasteiger partial charge in [-0.25, -0.2) is 4.98 Å². The highest BCUT2D eigenvalue weighted by atomic mass is 35.5. The smallest absolute Gasteiger partial charge is 0.422 e. The second-order valence-electron chi connectivity index (χ2n) is 1.50. The lowest BCUT2D eigenvalue weighted by Gasteiger charge is -1.95. The molecule has 0 fully saturated rings. The number of hydrogen-bond donors (Lipinski definition) is 2. The van der Waals surface area contributed by atoms with E-state index in [0.717, 1.165) is 0 Å². The molecule has 2 N–H and O–H groups in total. The van der Waals surface area contributed by atoms with Gasteiger partial charge in [-0.1, -0.05) is 11.6 Å². The molecule has 0 radical (unpaired) electrons. The van der Waals surface area contributed by atoms with Gasteiger partial charge in [-0.15, -0.1) is 0 Å². The molecule has 0 amide bonds. The number of aromatic nitrogens is 2. The Morgan fingerprint density at radius 1 is 1.60 bits per heavy atom. The largest absolute Gasteiger partial charge is 0.509 e. The van der Waals surface area contributed by atoms with Gasteiger partial charge in [0.1, 0.15) is 5.15 Å². The third-order valence-electron chi connectivity index (χ3n) is 0.782. The van der Waals surface area contributed by atoms with E-state index in [4.69, 9.17) is 24.4 Å². The Morgan fingerprint density at radius 2 is 2.30 bits per heavy atom. The third-order valence-corrected chi connectivity index (χ3v) is 0.951. The molecule has 0 saturated carbocycles. The van der Waals surface area contributed by atoms with Gasteiger partial charge in [-0.05, 0) is 0 Å². The number of rotatable bonds is 1. The third kappa shape index (κ3) is 1.67. The summed E-state index contributed by atoms with van der Waals surface area (Å²) in [4.78, 5) is 6.71. The van der Waals surface area contributed by atoms with E-state index in [1.807, 2.05) is 0 Å². The maximum atomic E-state index is 8.63. The second-order valence-corrected chi connectivity index (χ2v) is 1.85. The summed E-state index contributed by atoms with van der Waals surface area (Å²) in [5.74, 6) is 0. The van der Waals surface area contributed by atoms with E-state index in [-0.39, 0.29) is 16.9 Å². The Morgan fingerprint density at radius 3 is 2.90 bits per heavy atom. The SMILES string of the molecule is [2H]c1nc([2H])c(B(O)O)nc1Cl. The molecule has 0 spiro atoms. The van der Waals surface area contributed by atoms with Crippen LogP contribution >= 0.6 is 11.6 Å². The van der Waals surface area contributed by atoms with Gasteiger partial charge in [0.25, 0.3) is 0 Å². The van der Waals surface area contributed by atoms with Gasteiger partial charge in [0.05, 0.1) is 14.5 Å². The molecule has 0 aliphatic heterocycles. The summed E-state index contributed by atoms with van der Waals surface area (Å²) in [7, 11) is -1.89. The highest BCUT2D eigenvalue weighted by Crippen LogP contribution is 1.95. The molecule has 1 rings (SSSR count). The van der Waals surface area contributed by atoms with Crippen molar-refractivity contribution in [1.29, 1.82) is 0 Å². The molecule has 6 heteroatoms. The standard InChI is InChI=1S/C4H4BClN2O2/c6-4-2-7-1-3(8-4)5(9)10/h1-2,9-10H/i1D,2D. The summed E-state index contributed by atoms with van der Waals surface area (Å²) in [5, 5.41) is 17.0. The predicted octanol–water partition coefficient (Wildman–Crippen LogP) is -1.19. The fourth-order valence-electron chi connectivity index (χ4n) is 0.403. The Bertz CT molecular complexity index is 311. The fourth-order valence-corrected chi connectivity index (χ4v) is 0.536. The number of nitrogens with zero attached hydrogens (tertiary/aromatic N) is 2. The van der Waals surface area contributed by atoms with Crippen LogP contribution in [0.1, 0.15) is 2.74 Å². The Labute approximate surface area is 65.5 Å². The maximum Gasteiger partial charge on any atom is 0.509 e. The molecular formula is C4H4BClN2O2. The molecule has 52 valence electrons. The molecule has 0 aliphatic rings. The molecule has 10 heavy (non-hydrogen) atoms. The lowest BCUT2D eigenvalue weighted by Crippen LogP contribution is -2.32. The quantitative estimate of drug-likeness (QED) is 0.507. The molecule has 4 nitrogen and oxygen atoms in total. The minimum absolute atomic E-state index is 0.255. The zero-order valence-electron chi connectivity index (χ0n) is 6.74. The topological polar surface area (TPSA) is 66.2 Å². The van der Waals surface area contributed by atoms with Crippen LogP contribution in [0.5, 0.6) is 0 Å². The van der Waals surface area contributed by atoms with Crippen molar-refractivity contribution in [2.24, 2.45) is 0 Å². The zero-order valence-corrected chi connectivity index (χ0v) is 5.50.